The molecular formula is C15H20BrNO. The molecule has 2 nitrogen and oxygen atoms in total. The second-order valence-corrected chi connectivity index (χ2v) is 5.95. The zero-order valence-electron chi connectivity index (χ0n) is 10.6. The highest BCUT2D eigenvalue weighted by Gasteiger charge is 2.14. The van der Waals surface area contributed by atoms with Crippen LogP contribution in [0.5, 0.6) is 0 Å². The van der Waals surface area contributed by atoms with E-state index in [2.05, 4.69) is 21.2 Å². The maximum absolute atomic E-state index is 11.9. The predicted molar refractivity (Wildman–Crippen MR) is 77.7 cm³/mol. The zero-order chi connectivity index (χ0) is 12.8. The van der Waals surface area contributed by atoms with Crippen LogP contribution in [-0.2, 0) is 11.2 Å². The van der Waals surface area contributed by atoms with E-state index < -0.39 is 0 Å². The minimum Gasteiger partial charge on any atom is -0.314 e. The third kappa shape index (κ3) is 4.54. The minimum atomic E-state index is 0.348. The topological polar surface area (TPSA) is 29.1 Å². The molecule has 1 aromatic rings. The molecule has 1 N–H and O–H groups in total. The van der Waals surface area contributed by atoms with E-state index >= 15 is 0 Å². The van der Waals surface area contributed by atoms with E-state index in [1.54, 1.807) is 0 Å². The molecule has 1 aliphatic rings. The van der Waals surface area contributed by atoms with Gasteiger partial charge in [-0.05, 0) is 43.5 Å². The number of benzene rings is 1. The molecule has 0 saturated carbocycles. The molecule has 0 aromatic heterocycles. The monoisotopic (exact) mass is 309 g/mol. The Morgan fingerprint density at radius 2 is 2.28 bits per heavy atom. The van der Waals surface area contributed by atoms with Crippen molar-refractivity contribution in [2.24, 2.45) is 0 Å². The fourth-order valence-corrected chi connectivity index (χ4v) is 2.92. The number of halogens is 1. The third-order valence-electron chi connectivity index (χ3n) is 3.47. The number of carbonyl (C=O) groups excluding carboxylic acids is 1. The van der Waals surface area contributed by atoms with Gasteiger partial charge in [0.15, 0.2) is 0 Å². The summed E-state index contributed by atoms with van der Waals surface area (Å²) in [6.45, 7) is 1.12. The molecule has 1 unspecified atom stereocenters. The molecule has 0 spiro atoms. The fraction of sp³-hybridized carbons (Fsp3) is 0.533. The average molecular weight is 310 g/mol. The van der Waals surface area contributed by atoms with E-state index in [4.69, 9.17) is 0 Å². The lowest BCUT2D eigenvalue weighted by atomic mass is 9.97. The summed E-state index contributed by atoms with van der Waals surface area (Å²) in [6.07, 6.45) is 6.06. The number of rotatable bonds is 5. The lowest BCUT2D eigenvalue weighted by Gasteiger charge is -2.22. The molecule has 1 aromatic carbocycles. The Hall–Kier alpha value is -0.670. The fourth-order valence-electron chi connectivity index (χ4n) is 2.47. The van der Waals surface area contributed by atoms with E-state index in [0.29, 0.717) is 24.7 Å². The Kier molecular flexibility index (Phi) is 5.39. The number of carbonyl (C=O) groups is 1. The first-order chi connectivity index (χ1) is 8.74. The molecule has 2 rings (SSSR count). The lowest BCUT2D eigenvalue weighted by molar-refractivity contribution is -0.118. The number of nitrogens with one attached hydrogen (secondary N) is 1. The summed E-state index contributed by atoms with van der Waals surface area (Å²) in [5.41, 5.74) is 1.10. The average Bonchev–Trinajstić information content (AvgIpc) is 2.38. The first-order valence-electron chi connectivity index (χ1n) is 6.73. The maximum Gasteiger partial charge on any atom is 0.137 e. The number of hydrogen-bond acceptors (Lipinski definition) is 2. The van der Waals surface area contributed by atoms with Crippen molar-refractivity contribution in [1.82, 2.24) is 5.32 Å². The summed E-state index contributed by atoms with van der Waals surface area (Å²) in [4.78, 5) is 11.9. The maximum atomic E-state index is 11.9. The van der Waals surface area contributed by atoms with E-state index in [-0.39, 0.29) is 0 Å². The van der Waals surface area contributed by atoms with Crippen LogP contribution >= 0.6 is 15.9 Å². The SMILES string of the molecule is O=C(CCC1CCCCN1)Cc1cccc(Br)c1. The second kappa shape index (κ2) is 7.05. The first-order valence-corrected chi connectivity index (χ1v) is 7.53. The van der Waals surface area contributed by atoms with Crippen LogP contribution in [0.4, 0.5) is 0 Å². The summed E-state index contributed by atoms with van der Waals surface area (Å²) in [5.74, 6) is 0.348. The smallest absolute Gasteiger partial charge is 0.137 e. The number of Topliss-reactive ketones (excluding diaryl/α,β-unsaturated/α-hetero) is 1. The van der Waals surface area contributed by atoms with Crippen LogP contribution in [-0.4, -0.2) is 18.4 Å². The van der Waals surface area contributed by atoms with Crippen molar-refractivity contribution in [3.05, 3.63) is 34.3 Å². The summed E-state index contributed by atoms with van der Waals surface area (Å²) < 4.78 is 1.04. The number of hydrogen-bond donors (Lipinski definition) is 1. The molecule has 1 aliphatic heterocycles. The molecule has 0 bridgehead atoms. The predicted octanol–water partition coefficient (Wildman–Crippen LogP) is 3.48. The quantitative estimate of drug-likeness (QED) is 0.902. The van der Waals surface area contributed by atoms with Gasteiger partial charge in [0.2, 0.25) is 0 Å². The number of piperidine rings is 1. The van der Waals surface area contributed by atoms with Gasteiger partial charge in [-0.3, -0.25) is 4.79 Å². The van der Waals surface area contributed by atoms with Gasteiger partial charge >= 0.3 is 0 Å². The Labute approximate surface area is 117 Å². The van der Waals surface area contributed by atoms with Crippen LogP contribution in [0, 0.1) is 0 Å². The summed E-state index contributed by atoms with van der Waals surface area (Å²) in [5, 5.41) is 3.49. The molecule has 1 fully saturated rings. The van der Waals surface area contributed by atoms with Gasteiger partial charge in [0.05, 0.1) is 0 Å². The molecular weight excluding hydrogens is 290 g/mol. The van der Waals surface area contributed by atoms with Crippen LogP contribution in [0.3, 0.4) is 0 Å². The van der Waals surface area contributed by atoms with Crippen molar-refractivity contribution < 1.29 is 4.79 Å². The molecule has 0 amide bonds. The van der Waals surface area contributed by atoms with E-state index in [9.17, 15) is 4.79 Å². The van der Waals surface area contributed by atoms with Gasteiger partial charge in [-0.1, -0.05) is 34.5 Å². The molecule has 1 atom stereocenters. The van der Waals surface area contributed by atoms with E-state index in [1.807, 2.05) is 24.3 Å². The lowest BCUT2D eigenvalue weighted by Crippen LogP contribution is -2.34. The highest BCUT2D eigenvalue weighted by atomic mass is 79.9. The summed E-state index contributed by atoms with van der Waals surface area (Å²) in [7, 11) is 0. The van der Waals surface area contributed by atoms with Gasteiger partial charge in [0.25, 0.3) is 0 Å². The van der Waals surface area contributed by atoms with Crippen molar-refractivity contribution in [3.8, 4) is 0 Å². The van der Waals surface area contributed by atoms with Crippen molar-refractivity contribution >= 4 is 21.7 Å². The standard InChI is InChI=1S/C15H20BrNO/c16-13-5-3-4-12(10-13)11-15(18)8-7-14-6-1-2-9-17-14/h3-5,10,14,17H,1-2,6-9,11H2. The van der Waals surface area contributed by atoms with Crippen LogP contribution in [0.15, 0.2) is 28.7 Å². The Morgan fingerprint density at radius 3 is 3.00 bits per heavy atom. The summed E-state index contributed by atoms with van der Waals surface area (Å²) >= 11 is 3.43. The Morgan fingerprint density at radius 1 is 1.39 bits per heavy atom. The third-order valence-corrected chi connectivity index (χ3v) is 3.97. The number of ketones is 1. The second-order valence-electron chi connectivity index (χ2n) is 5.03. The van der Waals surface area contributed by atoms with Crippen LogP contribution in [0.25, 0.3) is 0 Å². The van der Waals surface area contributed by atoms with Gasteiger partial charge in [-0.2, -0.15) is 0 Å². The van der Waals surface area contributed by atoms with Crippen LogP contribution in [0.1, 0.15) is 37.7 Å². The zero-order valence-corrected chi connectivity index (χ0v) is 12.2. The molecule has 1 saturated heterocycles. The molecule has 3 heteroatoms. The van der Waals surface area contributed by atoms with Crippen LogP contribution < -0.4 is 5.32 Å². The highest BCUT2D eigenvalue weighted by molar-refractivity contribution is 9.10. The molecule has 1 heterocycles. The largest absolute Gasteiger partial charge is 0.314 e. The van der Waals surface area contributed by atoms with Gasteiger partial charge < -0.3 is 5.32 Å². The van der Waals surface area contributed by atoms with Gasteiger partial charge in [0.1, 0.15) is 5.78 Å². The molecule has 98 valence electrons. The van der Waals surface area contributed by atoms with E-state index in [0.717, 1.165) is 23.0 Å². The van der Waals surface area contributed by atoms with Crippen molar-refractivity contribution in [3.63, 3.8) is 0 Å². The highest BCUT2D eigenvalue weighted by Crippen LogP contribution is 2.15. The Bertz CT molecular complexity index is 399. The Balaban J connectivity index is 1.74. The molecule has 0 aliphatic carbocycles. The first kappa shape index (κ1) is 13.8. The van der Waals surface area contributed by atoms with E-state index in [1.165, 1.54) is 19.3 Å². The molecule has 0 radical (unpaired) electrons. The van der Waals surface area contributed by atoms with Crippen molar-refractivity contribution in [1.29, 1.82) is 0 Å². The summed E-state index contributed by atoms with van der Waals surface area (Å²) in [6, 6.07) is 8.57. The van der Waals surface area contributed by atoms with Gasteiger partial charge in [-0.15, -0.1) is 0 Å². The van der Waals surface area contributed by atoms with Crippen molar-refractivity contribution in [2.75, 3.05) is 6.54 Å². The normalized spacial score (nSPS) is 19.7. The minimum absolute atomic E-state index is 0.348. The van der Waals surface area contributed by atoms with Gasteiger partial charge in [0, 0.05) is 23.4 Å². The van der Waals surface area contributed by atoms with Crippen molar-refractivity contribution in [2.45, 2.75) is 44.6 Å². The molecule has 18 heavy (non-hydrogen) atoms. The van der Waals surface area contributed by atoms with Gasteiger partial charge in [-0.25, -0.2) is 0 Å². The van der Waals surface area contributed by atoms with Crippen LogP contribution in [0.2, 0.25) is 0 Å².